The van der Waals surface area contributed by atoms with E-state index in [9.17, 15) is 4.79 Å². The Morgan fingerprint density at radius 3 is 2.39 bits per heavy atom. The van der Waals surface area contributed by atoms with Crippen molar-refractivity contribution >= 4 is 49.2 Å². The first-order chi connectivity index (χ1) is 16.0. The van der Waals surface area contributed by atoms with E-state index >= 15 is 0 Å². The maximum absolute atomic E-state index is 13.8. The Labute approximate surface area is 200 Å². The number of rotatable bonds is 6. The van der Waals surface area contributed by atoms with Crippen molar-refractivity contribution in [3.05, 3.63) is 68.7 Å². The maximum Gasteiger partial charge on any atom is 0.265 e. The highest BCUT2D eigenvalue weighted by atomic mass is 79.9. The van der Waals surface area contributed by atoms with Crippen molar-refractivity contribution in [3.8, 4) is 5.69 Å². The van der Waals surface area contributed by atoms with Gasteiger partial charge in [-0.05, 0) is 56.2 Å². The first kappa shape index (κ1) is 21.8. The third-order valence-electron chi connectivity index (χ3n) is 6.19. The number of aryl methyl sites for hydroxylation is 2. The van der Waals surface area contributed by atoms with Gasteiger partial charge in [-0.25, -0.2) is 15.0 Å². The molecule has 0 saturated heterocycles. The second-order valence-electron chi connectivity index (χ2n) is 8.53. The molecule has 0 spiro atoms. The summed E-state index contributed by atoms with van der Waals surface area (Å²) in [7, 11) is 0. The first-order valence-corrected chi connectivity index (χ1v) is 12.2. The number of halogens is 1. The smallest absolute Gasteiger partial charge is 0.265 e. The predicted octanol–water partition coefficient (Wildman–Crippen LogP) is 6.24. The topological polar surface area (TPSA) is 65.6 Å². The number of fused-ring (bicyclic) bond motifs is 4. The maximum atomic E-state index is 13.8. The molecule has 7 heteroatoms. The summed E-state index contributed by atoms with van der Waals surface area (Å²) in [6.45, 7) is 6.81. The Morgan fingerprint density at radius 1 is 0.909 bits per heavy atom. The molecule has 0 N–H and O–H groups in total. The van der Waals surface area contributed by atoms with Crippen molar-refractivity contribution in [2.24, 2.45) is 0 Å². The number of unbranched alkanes of at least 4 members (excludes halogenated alkanes) is 3. The molecule has 5 rings (SSSR count). The van der Waals surface area contributed by atoms with Crippen LogP contribution >= 0.6 is 15.9 Å². The first-order valence-electron chi connectivity index (χ1n) is 11.4. The largest absolute Gasteiger partial charge is 0.296 e. The number of nitrogens with zero attached hydrogens (tertiary/aromatic N) is 5. The molecule has 2 aromatic carbocycles. The van der Waals surface area contributed by atoms with Crippen LogP contribution in [-0.2, 0) is 6.54 Å². The molecule has 0 saturated carbocycles. The molecule has 5 aromatic rings. The Kier molecular flexibility index (Phi) is 5.74. The number of hydrogen-bond acceptors (Lipinski definition) is 4. The van der Waals surface area contributed by atoms with Crippen LogP contribution in [0.15, 0.2) is 51.7 Å². The summed E-state index contributed by atoms with van der Waals surface area (Å²) in [5.74, 6) is 0.714. The van der Waals surface area contributed by atoms with Crippen LogP contribution in [0.2, 0.25) is 0 Å². The minimum atomic E-state index is -0.0452. The second-order valence-corrected chi connectivity index (χ2v) is 9.38. The summed E-state index contributed by atoms with van der Waals surface area (Å²) >= 11 is 3.59. The van der Waals surface area contributed by atoms with E-state index < -0.39 is 0 Å². The number of hydrogen-bond donors (Lipinski definition) is 0. The van der Waals surface area contributed by atoms with Gasteiger partial charge in [0.25, 0.3) is 5.56 Å². The molecule has 0 bridgehead atoms. The van der Waals surface area contributed by atoms with E-state index in [0.717, 1.165) is 46.0 Å². The molecule has 0 aliphatic rings. The molecule has 0 amide bonds. The van der Waals surface area contributed by atoms with E-state index in [1.54, 1.807) is 4.57 Å². The van der Waals surface area contributed by atoms with Crippen LogP contribution in [0.3, 0.4) is 0 Å². The summed E-state index contributed by atoms with van der Waals surface area (Å²) in [5.41, 5.74) is 5.38. The summed E-state index contributed by atoms with van der Waals surface area (Å²) in [5, 5.41) is 0.532. The molecule has 0 aliphatic carbocycles. The molecule has 168 valence electrons. The standard InChI is InChI=1S/C26H26BrN5O/c1-4-5-6-9-14-31-17(3)28-24-22(26(31)33)23-25(30-21-11-8-7-10-20(21)29-23)32(24)18-12-13-19(27)16(2)15-18/h7-8,10-13,15H,4-6,9,14H2,1-3H3. The van der Waals surface area contributed by atoms with Crippen LogP contribution in [0.5, 0.6) is 0 Å². The number of benzene rings is 2. The molecule has 0 aliphatic heterocycles. The quantitative estimate of drug-likeness (QED) is 0.257. The SMILES string of the molecule is CCCCCCn1c(C)nc2c(c1=O)c1nc3ccccc3nc1n2-c1ccc(Br)c(C)c1. The van der Waals surface area contributed by atoms with Crippen LogP contribution in [0, 0.1) is 13.8 Å². The normalized spacial score (nSPS) is 11.8. The highest BCUT2D eigenvalue weighted by Gasteiger charge is 2.22. The van der Waals surface area contributed by atoms with E-state index in [-0.39, 0.29) is 5.56 Å². The highest BCUT2D eigenvalue weighted by Crippen LogP contribution is 2.30. The van der Waals surface area contributed by atoms with E-state index in [2.05, 4.69) is 28.9 Å². The molecule has 0 atom stereocenters. The molecule has 3 aromatic heterocycles. The Morgan fingerprint density at radius 2 is 1.67 bits per heavy atom. The lowest BCUT2D eigenvalue weighted by atomic mass is 10.2. The van der Waals surface area contributed by atoms with Crippen LogP contribution in [0.4, 0.5) is 0 Å². The fourth-order valence-corrected chi connectivity index (χ4v) is 4.65. The summed E-state index contributed by atoms with van der Waals surface area (Å²) in [6.07, 6.45) is 4.39. The van der Waals surface area contributed by atoms with Gasteiger partial charge < -0.3 is 0 Å². The van der Waals surface area contributed by atoms with Gasteiger partial charge in [0.2, 0.25) is 0 Å². The van der Waals surface area contributed by atoms with Crippen molar-refractivity contribution in [2.45, 2.75) is 53.0 Å². The van der Waals surface area contributed by atoms with Crippen molar-refractivity contribution < 1.29 is 0 Å². The zero-order valence-corrected chi connectivity index (χ0v) is 20.7. The van der Waals surface area contributed by atoms with E-state index in [1.807, 2.05) is 54.8 Å². The van der Waals surface area contributed by atoms with Gasteiger partial charge in [0.15, 0.2) is 11.3 Å². The molecule has 3 heterocycles. The minimum absolute atomic E-state index is 0.0452. The molecule has 0 fully saturated rings. The van der Waals surface area contributed by atoms with Gasteiger partial charge in [-0.3, -0.25) is 13.9 Å². The van der Waals surface area contributed by atoms with Gasteiger partial charge >= 0.3 is 0 Å². The second kappa shape index (κ2) is 8.71. The Balaban J connectivity index is 1.84. The summed E-state index contributed by atoms with van der Waals surface area (Å²) < 4.78 is 4.80. The summed E-state index contributed by atoms with van der Waals surface area (Å²) in [6, 6.07) is 13.9. The molecule has 0 unspecified atom stereocenters. The van der Waals surface area contributed by atoms with E-state index in [4.69, 9.17) is 15.0 Å². The lowest BCUT2D eigenvalue weighted by Gasteiger charge is -2.11. The summed E-state index contributed by atoms with van der Waals surface area (Å²) in [4.78, 5) is 28.5. The molecular weight excluding hydrogens is 478 g/mol. The van der Waals surface area contributed by atoms with Gasteiger partial charge in [-0.2, -0.15) is 0 Å². The van der Waals surface area contributed by atoms with Crippen molar-refractivity contribution in [1.29, 1.82) is 0 Å². The fraction of sp³-hybridized carbons (Fsp3) is 0.308. The lowest BCUT2D eigenvalue weighted by Crippen LogP contribution is -2.24. The molecule has 0 radical (unpaired) electrons. The van der Waals surface area contributed by atoms with E-state index in [0.29, 0.717) is 34.6 Å². The third-order valence-corrected chi connectivity index (χ3v) is 7.08. The fourth-order valence-electron chi connectivity index (χ4n) is 4.40. The van der Waals surface area contributed by atoms with Crippen molar-refractivity contribution in [2.75, 3.05) is 0 Å². The van der Waals surface area contributed by atoms with Crippen LogP contribution in [0.25, 0.3) is 38.9 Å². The van der Waals surface area contributed by atoms with Gasteiger partial charge in [0.1, 0.15) is 16.7 Å². The van der Waals surface area contributed by atoms with E-state index in [1.165, 1.54) is 6.42 Å². The van der Waals surface area contributed by atoms with Crippen molar-refractivity contribution in [3.63, 3.8) is 0 Å². The zero-order chi connectivity index (χ0) is 23.1. The Hall–Kier alpha value is -3.06. The average molecular weight is 504 g/mol. The van der Waals surface area contributed by atoms with Gasteiger partial charge in [0, 0.05) is 16.7 Å². The Bertz CT molecular complexity index is 1570. The monoisotopic (exact) mass is 503 g/mol. The third kappa shape index (κ3) is 3.74. The number of para-hydroxylation sites is 2. The number of aromatic nitrogens is 5. The zero-order valence-electron chi connectivity index (χ0n) is 19.1. The van der Waals surface area contributed by atoms with Crippen LogP contribution < -0.4 is 5.56 Å². The van der Waals surface area contributed by atoms with Gasteiger partial charge in [0.05, 0.1) is 11.0 Å². The highest BCUT2D eigenvalue weighted by molar-refractivity contribution is 9.10. The van der Waals surface area contributed by atoms with Gasteiger partial charge in [-0.15, -0.1) is 0 Å². The predicted molar refractivity (Wildman–Crippen MR) is 137 cm³/mol. The van der Waals surface area contributed by atoms with Crippen LogP contribution in [-0.4, -0.2) is 24.1 Å². The average Bonchev–Trinajstić information content (AvgIpc) is 3.11. The molecule has 6 nitrogen and oxygen atoms in total. The van der Waals surface area contributed by atoms with Crippen LogP contribution in [0.1, 0.15) is 44.0 Å². The molecule has 33 heavy (non-hydrogen) atoms. The minimum Gasteiger partial charge on any atom is -0.296 e. The van der Waals surface area contributed by atoms with Crippen molar-refractivity contribution in [1.82, 2.24) is 24.1 Å². The lowest BCUT2D eigenvalue weighted by molar-refractivity contribution is 0.556. The molecular formula is C26H26BrN5O. The van der Waals surface area contributed by atoms with Gasteiger partial charge in [-0.1, -0.05) is 54.2 Å².